The fourth-order valence-electron chi connectivity index (χ4n) is 4.27. The van der Waals surface area contributed by atoms with Crippen LogP contribution in [0.3, 0.4) is 0 Å². The normalized spacial score (nSPS) is 36.6. The van der Waals surface area contributed by atoms with E-state index in [2.05, 4.69) is 10.6 Å². The highest BCUT2D eigenvalue weighted by atomic mass is 16.7. The monoisotopic (exact) mass is 522 g/mol. The summed E-state index contributed by atoms with van der Waals surface area (Å²) in [6, 6.07) is -2.51. The van der Waals surface area contributed by atoms with Crippen LogP contribution in [-0.4, -0.2) is 128 Å². The second-order valence-electron chi connectivity index (χ2n) is 8.84. The van der Waals surface area contributed by atoms with E-state index in [-0.39, 0.29) is 6.42 Å². The minimum atomic E-state index is -2.66. The summed E-state index contributed by atoms with van der Waals surface area (Å²) in [6.45, 7) is 2.30. The third kappa shape index (κ3) is 6.54. The maximum Gasteiger partial charge on any atom is 0.364 e. The first kappa shape index (κ1) is 30.0. The van der Waals surface area contributed by atoms with Crippen molar-refractivity contribution in [2.75, 3.05) is 13.2 Å². The molecular weight excluding hydrogens is 488 g/mol. The van der Waals surface area contributed by atoms with Gasteiger partial charge in [-0.3, -0.25) is 14.4 Å². The maximum atomic E-state index is 12.6. The molecule has 15 nitrogen and oxygen atoms in total. The van der Waals surface area contributed by atoms with Crippen LogP contribution in [0.4, 0.5) is 0 Å². The first-order chi connectivity index (χ1) is 16.8. The molecule has 0 radical (unpaired) electrons. The summed E-state index contributed by atoms with van der Waals surface area (Å²) < 4.78 is 16.6. The van der Waals surface area contributed by atoms with Gasteiger partial charge in [-0.15, -0.1) is 0 Å². The molecule has 2 saturated heterocycles. The summed E-state index contributed by atoms with van der Waals surface area (Å²) in [4.78, 5) is 47.9. The van der Waals surface area contributed by atoms with Crippen LogP contribution in [0.25, 0.3) is 0 Å². The molecule has 36 heavy (non-hydrogen) atoms. The van der Waals surface area contributed by atoms with Crippen LogP contribution >= 0.6 is 0 Å². The first-order valence-electron chi connectivity index (χ1n) is 11.4. The zero-order valence-corrected chi connectivity index (χ0v) is 20.1. The number of ether oxygens (including phenoxy) is 3. The van der Waals surface area contributed by atoms with Crippen molar-refractivity contribution < 1.29 is 64.0 Å². The second kappa shape index (κ2) is 12.3. The highest BCUT2D eigenvalue weighted by molar-refractivity contribution is 5.93. The smallest absolute Gasteiger partial charge is 0.364 e. The Balaban J connectivity index is 2.28. The Hall–Kier alpha value is -2.24. The van der Waals surface area contributed by atoms with Crippen molar-refractivity contribution in [2.24, 2.45) is 0 Å². The van der Waals surface area contributed by atoms with E-state index in [0.717, 1.165) is 6.92 Å². The van der Waals surface area contributed by atoms with E-state index >= 15 is 0 Å². The highest BCUT2D eigenvalue weighted by Crippen LogP contribution is 2.34. The molecule has 0 aromatic rings. The summed E-state index contributed by atoms with van der Waals surface area (Å²) in [7, 11) is 0. The van der Waals surface area contributed by atoms with E-state index in [4.69, 9.17) is 14.2 Å². The molecule has 2 amide bonds. The van der Waals surface area contributed by atoms with Gasteiger partial charge in [-0.1, -0.05) is 6.92 Å². The average Bonchev–Trinajstić information content (AvgIpc) is 2.81. The van der Waals surface area contributed by atoms with E-state index in [1.807, 2.05) is 0 Å². The third-order valence-electron chi connectivity index (χ3n) is 6.10. The minimum Gasteiger partial charge on any atom is -0.477 e. The molecule has 206 valence electrons. The number of hydrogen-bond acceptors (Lipinski definition) is 12. The lowest BCUT2D eigenvalue weighted by atomic mass is 9.88. The van der Waals surface area contributed by atoms with E-state index < -0.39 is 104 Å². The largest absolute Gasteiger partial charge is 0.477 e. The second-order valence-corrected chi connectivity index (χ2v) is 8.84. The molecule has 2 aliphatic rings. The van der Waals surface area contributed by atoms with Gasteiger partial charge in [0.15, 0.2) is 5.78 Å². The summed E-state index contributed by atoms with van der Waals surface area (Å²) in [5.74, 6) is -6.35. The van der Waals surface area contributed by atoms with Crippen molar-refractivity contribution in [3.8, 4) is 0 Å². The Morgan fingerprint density at radius 3 is 2.25 bits per heavy atom. The van der Waals surface area contributed by atoms with E-state index in [9.17, 15) is 49.8 Å². The van der Waals surface area contributed by atoms with E-state index in [1.54, 1.807) is 6.92 Å². The summed E-state index contributed by atoms with van der Waals surface area (Å²) in [5.41, 5.74) is 0. The molecule has 8 N–H and O–H groups in total. The number of rotatable bonds is 10. The van der Waals surface area contributed by atoms with Gasteiger partial charge >= 0.3 is 5.97 Å². The fraction of sp³-hybridized carbons (Fsp3) is 0.810. The molecule has 0 bridgehead atoms. The van der Waals surface area contributed by atoms with Gasteiger partial charge in [0.1, 0.15) is 36.6 Å². The van der Waals surface area contributed by atoms with Crippen molar-refractivity contribution in [3.63, 3.8) is 0 Å². The van der Waals surface area contributed by atoms with Gasteiger partial charge in [0, 0.05) is 20.3 Å². The van der Waals surface area contributed by atoms with Crippen molar-refractivity contribution in [1.29, 1.82) is 0 Å². The summed E-state index contributed by atoms with van der Waals surface area (Å²) in [5, 5.41) is 65.2. The molecule has 2 aliphatic heterocycles. The number of hydrogen-bond donors (Lipinski definition) is 8. The zero-order chi connectivity index (χ0) is 27.4. The van der Waals surface area contributed by atoms with Crippen LogP contribution in [0, 0.1) is 0 Å². The lowest BCUT2D eigenvalue weighted by Crippen LogP contribution is -2.68. The van der Waals surface area contributed by atoms with Crippen LogP contribution in [0.15, 0.2) is 0 Å². The Labute approximate surface area is 206 Å². The van der Waals surface area contributed by atoms with Gasteiger partial charge in [0.05, 0.1) is 31.5 Å². The van der Waals surface area contributed by atoms with Crippen molar-refractivity contribution in [1.82, 2.24) is 10.6 Å². The average molecular weight is 523 g/mol. The molecule has 2 rings (SSSR count). The van der Waals surface area contributed by atoms with E-state index in [1.165, 1.54) is 6.92 Å². The predicted molar refractivity (Wildman–Crippen MR) is 116 cm³/mol. The standard InChI is InChI=1S/C21H34N2O13/c1-4-12-15(23-9(3)26)18(31)17(30)13(35-12)7-34-21(20(32)33)5-10(27)14(22-8(2)25)19(36-21)16(29)11(28)6-24/h10-17,19,24,27-30H,4-7H2,1-3H3,(H,22,25)(H,23,26)(H,32,33). The number of aliphatic carboxylic acids is 1. The van der Waals surface area contributed by atoms with Crippen molar-refractivity contribution in [2.45, 2.75) is 94.2 Å². The molecule has 2 heterocycles. The number of aliphatic hydroxyl groups excluding tert-OH is 5. The predicted octanol–water partition coefficient (Wildman–Crippen LogP) is -4.24. The molecule has 15 heteroatoms. The van der Waals surface area contributed by atoms with Gasteiger partial charge in [0.2, 0.25) is 11.8 Å². The molecule has 0 aromatic heterocycles. The number of carbonyl (C=O) groups is 4. The number of aliphatic hydroxyl groups is 5. The zero-order valence-electron chi connectivity index (χ0n) is 20.1. The van der Waals surface area contributed by atoms with E-state index in [0.29, 0.717) is 0 Å². The van der Waals surface area contributed by atoms with Gasteiger partial charge in [-0.05, 0) is 6.42 Å². The minimum absolute atomic E-state index is 0.255. The molecular formula is C21H34N2O13. The topological polar surface area (TPSA) is 241 Å². The molecule has 0 saturated carbocycles. The number of carboxylic acid groups (broad SMARTS) is 1. The molecule has 2 fully saturated rings. The van der Waals surface area contributed by atoms with Gasteiger partial charge in [0.25, 0.3) is 5.79 Å². The fourth-order valence-corrected chi connectivity index (χ4v) is 4.27. The number of ketones is 1. The lowest BCUT2D eigenvalue weighted by Gasteiger charge is -2.47. The lowest BCUT2D eigenvalue weighted by molar-refractivity contribution is -0.319. The molecule has 10 atom stereocenters. The molecule has 0 spiro atoms. The van der Waals surface area contributed by atoms with Crippen LogP contribution in [0.5, 0.6) is 0 Å². The summed E-state index contributed by atoms with van der Waals surface area (Å²) >= 11 is 0. The van der Waals surface area contributed by atoms with Crippen LogP contribution in [0.1, 0.15) is 33.6 Å². The quantitative estimate of drug-likeness (QED) is 0.136. The van der Waals surface area contributed by atoms with Crippen molar-refractivity contribution >= 4 is 23.6 Å². The Bertz CT molecular complexity index is 826. The molecule has 0 aromatic carbocycles. The maximum absolute atomic E-state index is 12.6. The van der Waals surface area contributed by atoms with Gasteiger partial charge in [-0.2, -0.15) is 0 Å². The number of amides is 2. The Kier molecular flexibility index (Phi) is 10.3. The van der Waals surface area contributed by atoms with Gasteiger partial charge < -0.3 is 55.5 Å². The molecule has 10 unspecified atom stereocenters. The number of nitrogens with one attached hydrogen (secondary N) is 2. The van der Waals surface area contributed by atoms with Crippen LogP contribution < -0.4 is 10.6 Å². The summed E-state index contributed by atoms with van der Waals surface area (Å²) in [6.07, 6.45) is -11.7. The third-order valence-corrected chi connectivity index (χ3v) is 6.10. The molecule has 0 aliphatic carbocycles. The van der Waals surface area contributed by atoms with Gasteiger partial charge in [-0.25, -0.2) is 4.79 Å². The first-order valence-corrected chi connectivity index (χ1v) is 11.4. The SMILES string of the molecule is CCC1OC(COC2(C(=O)O)CC(O)C(NC(C)=O)C(C(O)C(O)CO)O2)C(O)C(=O)C1NC(C)=O. The Morgan fingerprint density at radius 1 is 1.14 bits per heavy atom. The highest BCUT2D eigenvalue weighted by Gasteiger charge is 2.56. The number of carboxylic acids is 1. The van der Waals surface area contributed by atoms with Crippen molar-refractivity contribution in [3.05, 3.63) is 0 Å². The number of carbonyl (C=O) groups excluding carboxylic acids is 3. The van der Waals surface area contributed by atoms with Crippen LogP contribution in [0.2, 0.25) is 0 Å². The Morgan fingerprint density at radius 2 is 1.75 bits per heavy atom. The van der Waals surface area contributed by atoms with Crippen LogP contribution in [-0.2, 0) is 33.4 Å². The number of Topliss-reactive ketones (excluding diaryl/α,β-unsaturated/α-hetero) is 1.